The zero-order valence-electron chi connectivity index (χ0n) is 17.8. The molecule has 0 bridgehead atoms. The summed E-state index contributed by atoms with van der Waals surface area (Å²) in [6.45, 7) is 9.00. The molecule has 2 N–H and O–H groups in total. The number of anilines is 1. The molecular weight excluding hydrogens is 400 g/mol. The zero-order chi connectivity index (χ0) is 21.7. The van der Waals surface area contributed by atoms with Crippen LogP contribution in [0.5, 0.6) is 5.75 Å². The van der Waals surface area contributed by atoms with Gasteiger partial charge in [-0.25, -0.2) is 0 Å². The Balaban J connectivity index is 1.56. The Hall–Kier alpha value is -2.61. The quantitative estimate of drug-likeness (QED) is 0.667. The van der Waals surface area contributed by atoms with Gasteiger partial charge in [0, 0.05) is 12.1 Å². The maximum atomic E-state index is 12.3. The molecule has 2 aliphatic rings. The molecule has 1 aromatic carbocycles. The average Bonchev–Trinajstić information content (AvgIpc) is 2.99. The van der Waals surface area contributed by atoms with E-state index in [2.05, 4.69) is 47.7 Å². The summed E-state index contributed by atoms with van der Waals surface area (Å²) < 4.78 is 5.39. The normalized spacial score (nSPS) is 23.3. The van der Waals surface area contributed by atoms with Gasteiger partial charge >= 0.3 is 0 Å². The summed E-state index contributed by atoms with van der Waals surface area (Å²) in [6, 6.07) is 7.13. The number of hydrogen-bond acceptors (Lipinski definition) is 6. The van der Waals surface area contributed by atoms with Crippen LogP contribution in [0, 0.1) is 5.41 Å². The van der Waals surface area contributed by atoms with Crippen molar-refractivity contribution in [3.05, 3.63) is 35.9 Å². The fourth-order valence-electron chi connectivity index (χ4n) is 3.64. The van der Waals surface area contributed by atoms with E-state index in [-0.39, 0.29) is 23.7 Å². The van der Waals surface area contributed by atoms with E-state index in [4.69, 9.17) is 4.74 Å². The van der Waals surface area contributed by atoms with Crippen LogP contribution < -0.4 is 15.4 Å². The minimum absolute atomic E-state index is 0.0609. The molecule has 0 saturated carbocycles. The van der Waals surface area contributed by atoms with Crippen LogP contribution in [0.15, 0.2) is 46.1 Å². The molecule has 0 spiro atoms. The fraction of sp³-hybridized carbons (Fsp3) is 0.455. The van der Waals surface area contributed by atoms with E-state index in [9.17, 15) is 9.59 Å². The molecule has 0 radical (unpaired) electrons. The SMILES string of the molecule is CCOc1ccc(NC(=O)C[C@@H]2S/C(=N/N=C3/C=C(C)CC(C)(C)C3)NC2=O)cc1. The van der Waals surface area contributed by atoms with Gasteiger partial charge in [0.1, 0.15) is 11.0 Å². The van der Waals surface area contributed by atoms with Crippen LogP contribution in [0.1, 0.15) is 47.0 Å². The Labute approximate surface area is 181 Å². The van der Waals surface area contributed by atoms with Crippen molar-refractivity contribution in [1.29, 1.82) is 0 Å². The zero-order valence-corrected chi connectivity index (χ0v) is 18.6. The molecule has 1 aliphatic carbocycles. The Morgan fingerprint density at radius 1 is 1.27 bits per heavy atom. The highest BCUT2D eigenvalue weighted by Crippen LogP contribution is 2.34. The van der Waals surface area contributed by atoms with Gasteiger partial charge in [-0.2, -0.15) is 5.10 Å². The van der Waals surface area contributed by atoms with Crippen molar-refractivity contribution >= 4 is 40.1 Å². The number of rotatable bonds is 6. The van der Waals surface area contributed by atoms with E-state index in [1.165, 1.54) is 17.3 Å². The summed E-state index contributed by atoms with van der Waals surface area (Å²) in [5.41, 5.74) is 3.00. The van der Waals surface area contributed by atoms with Crippen LogP contribution in [0.2, 0.25) is 0 Å². The molecule has 160 valence electrons. The lowest BCUT2D eigenvalue weighted by atomic mass is 9.77. The molecule has 3 rings (SSSR count). The van der Waals surface area contributed by atoms with Crippen molar-refractivity contribution < 1.29 is 14.3 Å². The van der Waals surface area contributed by atoms with Crippen LogP contribution in [0.4, 0.5) is 5.69 Å². The summed E-state index contributed by atoms with van der Waals surface area (Å²) in [6.07, 6.45) is 4.00. The van der Waals surface area contributed by atoms with Crippen molar-refractivity contribution in [2.75, 3.05) is 11.9 Å². The summed E-state index contributed by atoms with van der Waals surface area (Å²) in [7, 11) is 0. The molecule has 30 heavy (non-hydrogen) atoms. The second-order valence-corrected chi connectivity index (χ2v) is 9.50. The number of nitrogens with one attached hydrogen (secondary N) is 2. The standard InChI is InChI=1S/C22H28N4O3S/c1-5-29-17-8-6-15(7-9-17)23-19(27)11-18-20(28)24-21(30-18)26-25-16-10-14(2)12-22(3,4)13-16/h6-10,18H,5,11-13H2,1-4H3,(H,23,27)(H,24,26,28)/b25-16-/t18-/m0/s1. The van der Waals surface area contributed by atoms with Crippen molar-refractivity contribution in [2.45, 2.75) is 52.2 Å². The van der Waals surface area contributed by atoms with E-state index in [1.54, 1.807) is 24.3 Å². The third-order valence-electron chi connectivity index (χ3n) is 4.70. The van der Waals surface area contributed by atoms with E-state index in [0.717, 1.165) is 24.3 Å². The molecule has 7 nitrogen and oxygen atoms in total. The number of ether oxygens (including phenoxy) is 1. The Morgan fingerprint density at radius 3 is 2.67 bits per heavy atom. The van der Waals surface area contributed by atoms with Crippen LogP contribution in [-0.4, -0.2) is 34.6 Å². The number of amidine groups is 1. The van der Waals surface area contributed by atoms with Crippen LogP contribution in [0.3, 0.4) is 0 Å². The van der Waals surface area contributed by atoms with Crippen molar-refractivity contribution in [3.63, 3.8) is 0 Å². The van der Waals surface area contributed by atoms with E-state index >= 15 is 0 Å². The molecule has 0 aromatic heterocycles. The number of nitrogens with zero attached hydrogens (tertiary/aromatic N) is 2. The van der Waals surface area contributed by atoms with Gasteiger partial charge in [-0.3, -0.25) is 9.59 Å². The molecule has 8 heteroatoms. The third kappa shape index (κ3) is 6.19. The highest BCUT2D eigenvalue weighted by Gasteiger charge is 2.32. The maximum absolute atomic E-state index is 12.3. The van der Waals surface area contributed by atoms with Gasteiger partial charge in [0.25, 0.3) is 0 Å². The number of carbonyl (C=O) groups is 2. The second kappa shape index (κ2) is 9.47. The minimum Gasteiger partial charge on any atom is -0.494 e. The number of benzene rings is 1. The summed E-state index contributed by atoms with van der Waals surface area (Å²) in [4.78, 5) is 24.6. The van der Waals surface area contributed by atoms with Gasteiger partial charge in [-0.15, -0.1) is 5.10 Å². The largest absolute Gasteiger partial charge is 0.494 e. The second-order valence-electron chi connectivity index (χ2n) is 8.31. The Kier molecular flexibility index (Phi) is 6.97. The lowest BCUT2D eigenvalue weighted by molar-refractivity contribution is -0.122. The summed E-state index contributed by atoms with van der Waals surface area (Å²) in [5.74, 6) is 0.290. The molecule has 1 saturated heterocycles. The lowest BCUT2D eigenvalue weighted by Crippen LogP contribution is -2.28. The maximum Gasteiger partial charge on any atom is 0.240 e. The minimum atomic E-state index is -0.522. The first kappa shape index (κ1) is 22.1. The van der Waals surface area contributed by atoms with Gasteiger partial charge in [-0.1, -0.05) is 31.2 Å². The number of allylic oxidation sites excluding steroid dienone is 2. The lowest BCUT2D eigenvalue weighted by Gasteiger charge is -2.28. The smallest absolute Gasteiger partial charge is 0.240 e. The van der Waals surface area contributed by atoms with Crippen molar-refractivity contribution in [1.82, 2.24) is 5.32 Å². The van der Waals surface area contributed by atoms with E-state index in [0.29, 0.717) is 17.5 Å². The molecule has 1 atom stereocenters. The van der Waals surface area contributed by atoms with Crippen LogP contribution in [0.25, 0.3) is 0 Å². The van der Waals surface area contributed by atoms with Gasteiger partial charge in [0.2, 0.25) is 11.8 Å². The molecule has 1 heterocycles. The van der Waals surface area contributed by atoms with E-state index < -0.39 is 5.25 Å². The van der Waals surface area contributed by atoms with Crippen LogP contribution >= 0.6 is 11.8 Å². The topological polar surface area (TPSA) is 92.2 Å². The molecule has 2 amide bonds. The first-order valence-corrected chi connectivity index (χ1v) is 10.9. The van der Waals surface area contributed by atoms with Crippen LogP contribution in [-0.2, 0) is 9.59 Å². The first-order valence-electron chi connectivity index (χ1n) is 10.1. The molecular formula is C22H28N4O3S. The van der Waals surface area contributed by atoms with Gasteiger partial charge in [0.05, 0.1) is 12.3 Å². The number of thioether (sulfide) groups is 1. The highest BCUT2D eigenvalue weighted by atomic mass is 32.2. The molecule has 0 unspecified atom stereocenters. The van der Waals surface area contributed by atoms with E-state index in [1.807, 2.05) is 6.92 Å². The van der Waals surface area contributed by atoms with Crippen molar-refractivity contribution in [3.8, 4) is 5.75 Å². The number of carbonyl (C=O) groups excluding carboxylic acids is 2. The highest BCUT2D eigenvalue weighted by molar-refractivity contribution is 8.15. The average molecular weight is 429 g/mol. The Morgan fingerprint density at radius 2 is 2.00 bits per heavy atom. The molecule has 1 aromatic rings. The fourth-order valence-corrected chi connectivity index (χ4v) is 4.55. The molecule has 1 fully saturated rings. The predicted molar refractivity (Wildman–Crippen MR) is 122 cm³/mol. The number of hydrogen-bond donors (Lipinski definition) is 2. The predicted octanol–water partition coefficient (Wildman–Crippen LogP) is 4.12. The van der Waals surface area contributed by atoms with Gasteiger partial charge in [0.15, 0.2) is 5.17 Å². The first-order chi connectivity index (χ1) is 14.2. The Bertz CT molecular complexity index is 903. The van der Waals surface area contributed by atoms with Gasteiger partial charge < -0.3 is 15.4 Å². The molecule has 1 aliphatic heterocycles. The monoisotopic (exact) mass is 428 g/mol. The van der Waals surface area contributed by atoms with Crippen molar-refractivity contribution in [2.24, 2.45) is 15.6 Å². The summed E-state index contributed by atoms with van der Waals surface area (Å²) >= 11 is 1.24. The summed E-state index contributed by atoms with van der Waals surface area (Å²) in [5, 5.41) is 14.0. The third-order valence-corrected chi connectivity index (χ3v) is 5.77. The van der Waals surface area contributed by atoms with Gasteiger partial charge in [-0.05, 0) is 62.4 Å². The number of amides is 2.